The minimum Gasteiger partial charge on any atom is -0.497 e. The summed E-state index contributed by atoms with van der Waals surface area (Å²) in [5.74, 6) is 6.41. The van der Waals surface area contributed by atoms with Crippen molar-refractivity contribution in [2.24, 2.45) is 0 Å². The van der Waals surface area contributed by atoms with Gasteiger partial charge in [-0.3, -0.25) is 4.79 Å². The number of carbonyl (C=O) groups excluding carboxylic acids is 2. The summed E-state index contributed by atoms with van der Waals surface area (Å²) >= 11 is 0. The molecule has 5 heteroatoms. The zero-order chi connectivity index (χ0) is 22.2. The first-order valence-electron chi connectivity index (χ1n) is 10.0. The molecule has 0 unspecified atom stereocenters. The number of esters is 1. The normalized spacial score (nSPS) is 11.2. The van der Waals surface area contributed by atoms with Gasteiger partial charge in [0, 0.05) is 18.4 Å². The molecule has 0 saturated heterocycles. The molecule has 0 aliphatic carbocycles. The third-order valence-corrected chi connectivity index (χ3v) is 4.96. The van der Waals surface area contributed by atoms with E-state index in [-0.39, 0.29) is 17.9 Å². The molecule has 0 radical (unpaired) electrons. The van der Waals surface area contributed by atoms with Crippen molar-refractivity contribution in [3.05, 3.63) is 77.4 Å². The van der Waals surface area contributed by atoms with Crippen LogP contribution in [0.4, 0.5) is 0 Å². The van der Waals surface area contributed by atoms with Crippen LogP contribution in [0.15, 0.2) is 60.7 Å². The molecule has 0 fully saturated rings. The number of amides is 1. The Hall–Kier alpha value is -3.78. The summed E-state index contributed by atoms with van der Waals surface area (Å²) in [4.78, 5) is 23.7. The van der Waals surface area contributed by atoms with Gasteiger partial charge in [-0.2, -0.15) is 0 Å². The minimum absolute atomic E-state index is 0.0438. The van der Waals surface area contributed by atoms with Gasteiger partial charge in [0.1, 0.15) is 5.75 Å². The van der Waals surface area contributed by atoms with E-state index in [9.17, 15) is 9.59 Å². The minimum atomic E-state index is -0.378. The molecule has 1 atom stereocenters. The molecular formula is C26H25NO4. The molecule has 158 valence electrons. The van der Waals surface area contributed by atoms with E-state index in [2.05, 4.69) is 28.0 Å². The first-order valence-corrected chi connectivity index (χ1v) is 10.0. The molecule has 0 spiro atoms. The molecule has 3 rings (SSSR count). The smallest absolute Gasteiger partial charge is 0.337 e. The monoisotopic (exact) mass is 415 g/mol. The SMILES string of the molecule is COC(=O)c1ccc(C#CCCC(=O)N[C@@H](C)c2ccc3cc(OC)ccc3c2)cc1. The Labute approximate surface area is 182 Å². The Kier molecular flexibility index (Phi) is 7.29. The van der Waals surface area contributed by atoms with E-state index >= 15 is 0 Å². The second-order valence-electron chi connectivity index (χ2n) is 7.13. The lowest BCUT2D eigenvalue weighted by Crippen LogP contribution is -2.26. The summed E-state index contributed by atoms with van der Waals surface area (Å²) in [6.07, 6.45) is 0.775. The van der Waals surface area contributed by atoms with Crippen molar-refractivity contribution in [2.45, 2.75) is 25.8 Å². The van der Waals surface area contributed by atoms with E-state index in [1.165, 1.54) is 7.11 Å². The molecule has 1 N–H and O–H groups in total. The predicted octanol–water partition coefficient (Wildman–Crippen LogP) is 4.64. The van der Waals surface area contributed by atoms with Crippen LogP contribution in [0.1, 0.15) is 47.3 Å². The number of hydrogen-bond acceptors (Lipinski definition) is 4. The van der Waals surface area contributed by atoms with E-state index in [1.54, 1.807) is 31.4 Å². The second kappa shape index (κ2) is 10.3. The summed E-state index contributed by atoms with van der Waals surface area (Å²) < 4.78 is 9.93. The fraction of sp³-hybridized carbons (Fsp3) is 0.231. The van der Waals surface area contributed by atoms with Crippen LogP contribution in [0.2, 0.25) is 0 Å². The van der Waals surface area contributed by atoms with Crippen molar-refractivity contribution in [3.63, 3.8) is 0 Å². The van der Waals surface area contributed by atoms with Crippen molar-refractivity contribution < 1.29 is 19.1 Å². The Bertz CT molecular complexity index is 1140. The molecule has 31 heavy (non-hydrogen) atoms. The summed E-state index contributed by atoms with van der Waals surface area (Å²) in [6, 6.07) is 18.8. The van der Waals surface area contributed by atoms with Gasteiger partial charge in [-0.1, -0.05) is 30.0 Å². The van der Waals surface area contributed by atoms with Gasteiger partial charge in [0.15, 0.2) is 0 Å². The Morgan fingerprint density at radius 1 is 0.968 bits per heavy atom. The lowest BCUT2D eigenvalue weighted by Gasteiger charge is -2.15. The zero-order valence-corrected chi connectivity index (χ0v) is 17.9. The summed E-state index contributed by atoms with van der Waals surface area (Å²) in [7, 11) is 3.00. The molecule has 3 aromatic carbocycles. The molecule has 0 saturated carbocycles. The Morgan fingerprint density at radius 3 is 2.39 bits per heavy atom. The van der Waals surface area contributed by atoms with E-state index in [0.717, 1.165) is 27.6 Å². The fourth-order valence-corrected chi connectivity index (χ4v) is 3.18. The largest absolute Gasteiger partial charge is 0.497 e. The number of benzene rings is 3. The van der Waals surface area contributed by atoms with Crippen LogP contribution >= 0.6 is 0 Å². The highest BCUT2D eigenvalue weighted by atomic mass is 16.5. The van der Waals surface area contributed by atoms with E-state index in [4.69, 9.17) is 4.74 Å². The third kappa shape index (κ3) is 5.86. The number of rotatable bonds is 6. The van der Waals surface area contributed by atoms with Gasteiger partial charge < -0.3 is 14.8 Å². The molecule has 0 aliphatic heterocycles. The van der Waals surface area contributed by atoms with Crippen LogP contribution in [-0.2, 0) is 9.53 Å². The number of carbonyl (C=O) groups is 2. The molecule has 0 bridgehead atoms. The highest BCUT2D eigenvalue weighted by Gasteiger charge is 2.10. The van der Waals surface area contributed by atoms with Crippen LogP contribution in [-0.4, -0.2) is 26.1 Å². The van der Waals surface area contributed by atoms with Gasteiger partial charge >= 0.3 is 5.97 Å². The number of hydrogen-bond donors (Lipinski definition) is 1. The molecule has 1 amide bonds. The summed E-state index contributed by atoms with van der Waals surface area (Å²) in [5, 5.41) is 5.22. The van der Waals surface area contributed by atoms with Crippen LogP contribution in [0, 0.1) is 11.8 Å². The standard InChI is InChI=1S/C26H25NO4/c1-18(21-12-13-23-17-24(30-2)15-14-22(23)16-21)27-25(28)7-5-4-6-19-8-10-20(11-9-19)26(29)31-3/h8-18H,5,7H2,1-3H3,(H,27,28)/t18-/m0/s1. The average Bonchev–Trinajstić information content (AvgIpc) is 2.80. The number of ether oxygens (including phenoxy) is 2. The lowest BCUT2D eigenvalue weighted by atomic mass is 10.0. The maximum Gasteiger partial charge on any atom is 0.337 e. The number of methoxy groups -OCH3 is 2. The Morgan fingerprint density at radius 2 is 1.68 bits per heavy atom. The number of fused-ring (bicyclic) bond motifs is 1. The topological polar surface area (TPSA) is 64.6 Å². The highest BCUT2D eigenvalue weighted by molar-refractivity contribution is 5.89. The molecular weight excluding hydrogens is 390 g/mol. The van der Waals surface area contributed by atoms with Crippen LogP contribution in [0.5, 0.6) is 5.75 Å². The highest BCUT2D eigenvalue weighted by Crippen LogP contribution is 2.24. The lowest BCUT2D eigenvalue weighted by molar-refractivity contribution is -0.121. The molecule has 0 heterocycles. The molecule has 5 nitrogen and oxygen atoms in total. The quantitative estimate of drug-likeness (QED) is 0.470. The van der Waals surface area contributed by atoms with Crippen molar-refractivity contribution in [1.29, 1.82) is 0 Å². The maximum atomic E-state index is 12.3. The summed E-state index contributed by atoms with van der Waals surface area (Å²) in [5.41, 5.74) is 2.31. The van der Waals surface area contributed by atoms with Gasteiger partial charge in [-0.05, 0) is 65.7 Å². The van der Waals surface area contributed by atoms with Crippen molar-refractivity contribution in [1.82, 2.24) is 5.32 Å². The van der Waals surface area contributed by atoms with Gasteiger partial charge in [0.2, 0.25) is 5.91 Å². The molecule has 0 aromatic heterocycles. The van der Waals surface area contributed by atoms with Crippen LogP contribution < -0.4 is 10.1 Å². The van der Waals surface area contributed by atoms with Gasteiger partial charge in [-0.25, -0.2) is 4.79 Å². The predicted molar refractivity (Wildman–Crippen MR) is 121 cm³/mol. The van der Waals surface area contributed by atoms with E-state index in [1.807, 2.05) is 37.3 Å². The molecule has 3 aromatic rings. The second-order valence-corrected chi connectivity index (χ2v) is 7.13. The van der Waals surface area contributed by atoms with Crippen molar-refractivity contribution in [2.75, 3.05) is 14.2 Å². The first-order chi connectivity index (χ1) is 15.0. The van der Waals surface area contributed by atoms with Crippen molar-refractivity contribution in [3.8, 4) is 17.6 Å². The third-order valence-electron chi connectivity index (χ3n) is 4.96. The number of nitrogens with one attached hydrogen (secondary N) is 1. The van der Waals surface area contributed by atoms with Crippen LogP contribution in [0.3, 0.4) is 0 Å². The fourth-order valence-electron chi connectivity index (χ4n) is 3.18. The van der Waals surface area contributed by atoms with Crippen molar-refractivity contribution >= 4 is 22.6 Å². The van der Waals surface area contributed by atoms with E-state index < -0.39 is 0 Å². The average molecular weight is 415 g/mol. The maximum absolute atomic E-state index is 12.3. The van der Waals surface area contributed by atoms with Gasteiger partial charge in [0.25, 0.3) is 0 Å². The summed E-state index contributed by atoms with van der Waals surface area (Å²) in [6.45, 7) is 1.97. The van der Waals surface area contributed by atoms with E-state index in [0.29, 0.717) is 18.4 Å². The van der Waals surface area contributed by atoms with Crippen LogP contribution in [0.25, 0.3) is 10.8 Å². The first kappa shape index (κ1) is 21.9. The molecule has 0 aliphatic rings. The van der Waals surface area contributed by atoms with Gasteiger partial charge in [-0.15, -0.1) is 0 Å². The van der Waals surface area contributed by atoms with Gasteiger partial charge in [0.05, 0.1) is 25.8 Å². The zero-order valence-electron chi connectivity index (χ0n) is 17.9. The Balaban J connectivity index is 1.52.